The molecule has 112 valence electrons. The SMILES string of the molecule is CCNS(=O)(=O)c1cc(C(=O)O)ccc1N[C@H](C)CC. The average molecular weight is 300 g/mol. The number of sulfonamides is 1. The summed E-state index contributed by atoms with van der Waals surface area (Å²) in [6.07, 6.45) is 0.821. The lowest BCUT2D eigenvalue weighted by molar-refractivity contribution is 0.0696. The Balaban J connectivity index is 3.34. The molecule has 0 saturated heterocycles. The minimum atomic E-state index is -3.73. The van der Waals surface area contributed by atoms with Gasteiger partial charge in [-0.05, 0) is 31.5 Å². The summed E-state index contributed by atoms with van der Waals surface area (Å²) in [6.45, 7) is 5.80. The lowest BCUT2D eigenvalue weighted by atomic mass is 10.2. The fourth-order valence-corrected chi connectivity index (χ4v) is 2.87. The van der Waals surface area contributed by atoms with Crippen LogP contribution in [0.3, 0.4) is 0 Å². The quantitative estimate of drug-likeness (QED) is 0.714. The lowest BCUT2D eigenvalue weighted by Gasteiger charge is -2.17. The minimum Gasteiger partial charge on any atom is -0.478 e. The molecule has 0 unspecified atom stereocenters. The number of anilines is 1. The van der Waals surface area contributed by atoms with Crippen molar-refractivity contribution in [3.05, 3.63) is 23.8 Å². The standard InChI is InChI=1S/C13H20N2O4S/c1-4-9(3)15-11-7-6-10(13(16)17)8-12(11)20(18,19)14-5-2/h6-9,14-15H,4-5H2,1-3H3,(H,16,17)/t9-/m1/s1. The van der Waals surface area contributed by atoms with Gasteiger partial charge in [-0.2, -0.15) is 0 Å². The second-order valence-electron chi connectivity index (χ2n) is 4.47. The zero-order valence-corrected chi connectivity index (χ0v) is 12.6. The van der Waals surface area contributed by atoms with Gasteiger partial charge in [0.2, 0.25) is 10.0 Å². The molecule has 0 saturated carbocycles. The molecule has 0 aromatic heterocycles. The monoisotopic (exact) mass is 300 g/mol. The predicted molar refractivity (Wildman–Crippen MR) is 77.6 cm³/mol. The number of carboxylic acids is 1. The van der Waals surface area contributed by atoms with Gasteiger partial charge >= 0.3 is 5.97 Å². The molecule has 1 atom stereocenters. The highest BCUT2D eigenvalue weighted by molar-refractivity contribution is 7.89. The highest BCUT2D eigenvalue weighted by Gasteiger charge is 2.20. The molecule has 0 bridgehead atoms. The van der Waals surface area contributed by atoms with E-state index in [1.807, 2.05) is 13.8 Å². The van der Waals surface area contributed by atoms with Gasteiger partial charge < -0.3 is 10.4 Å². The largest absolute Gasteiger partial charge is 0.478 e. The van der Waals surface area contributed by atoms with Crippen molar-refractivity contribution in [1.82, 2.24) is 4.72 Å². The molecular weight excluding hydrogens is 280 g/mol. The third kappa shape index (κ3) is 3.94. The van der Waals surface area contributed by atoms with E-state index < -0.39 is 16.0 Å². The van der Waals surface area contributed by atoms with Gasteiger partial charge in [0.05, 0.1) is 11.3 Å². The van der Waals surface area contributed by atoms with Crippen LogP contribution in [0.2, 0.25) is 0 Å². The van der Waals surface area contributed by atoms with E-state index in [-0.39, 0.29) is 23.0 Å². The molecule has 1 aromatic carbocycles. The predicted octanol–water partition coefficient (Wildman–Crippen LogP) is 1.89. The van der Waals surface area contributed by atoms with Gasteiger partial charge in [0.1, 0.15) is 4.90 Å². The van der Waals surface area contributed by atoms with Gasteiger partial charge in [-0.3, -0.25) is 0 Å². The number of carboxylic acid groups (broad SMARTS) is 1. The Bertz CT molecular complexity index is 584. The maximum Gasteiger partial charge on any atom is 0.335 e. The summed E-state index contributed by atoms with van der Waals surface area (Å²) in [5.74, 6) is -1.16. The van der Waals surface area contributed by atoms with Crippen molar-refractivity contribution in [2.24, 2.45) is 0 Å². The van der Waals surface area contributed by atoms with Crippen molar-refractivity contribution < 1.29 is 18.3 Å². The third-order valence-electron chi connectivity index (χ3n) is 2.87. The minimum absolute atomic E-state index is 0.0421. The smallest absolute Gasteiger partial charge is 0.335 e. The van der Waals surface area contributed by atoms with E-state index in [1.165, 1.54) is 18.2 Å². The zero-order chi connectivity index (χ0) is 15.3. The zero-order valence-electron chi connectivity index (χ0n) is 11.8. The molecule has 1 rings (SSSR count). The molecule has 0 amide bonds. The first-order valence-corrected chi connectivity index (χ1v) is 7.93. The first-order valence-electron chi connectivity index (χ1n) is 6.45. The molecule has 6 nitrogen and oxygen atoms in total. The van der Waals surface area contributed by atoms with E-state index in [2.05, 4.69) is 10.0 Å². The van der Waals surface area contributed by atoms with Crippen molar-refractivity contribution in [3.63, 3.8) is 0 Å². The molecule has 20 heavy (non-hydrogen) atoms. The fraction of sp³-hybridized carbons (Fsp3) is 0.462. The second kappa shape index (κ2) is 6.71. The van der Waals surface area contributed by atoms with Gasteiger partial charge in [0.25, 0.3) is 0 Å². The Morgan fingerprint density at radius 3 is 2.50 bits per heavy atom. The number of aromatic carboxylic acids is 1. The molecule has 3 N–H and O–H groups in total. The summed E-state index contributed by atoms with van der Waals surface area (Å²) < 4.78 is 26.7. The second-order valence-corrected chi connectivity index (χ2v) is 6.21. The van der Waals surface area contributed by atoms with Gasteiger partial charge in [-0.1, -0.05) is 13.8 Å². The first kappa shape index (κ1) is 16.5. The van der Waals surface area contributed by atoms with Crippen LogP contribution in [-0.2, 0) is 10.0 Å². The topological polar surface area (TPSA) is 95.5 Å². The summed E-state index contributed by atoms with van der Waals surface area (Å²) in [7, 11) is -3.73. The normalized spacial score (nSPS) is 12.9. The maximum atomic E-state index is 12.2. The van der Waals surface area contributed by atoms with Crippen LogP contribution >= 0.6 is 0 Å². The van der Waals surface area contributed by atoms with E-state index in [0.29, 0.717) is 5.69 Å². The van der Waals surface area contributed by atoms with Crippen LogP contribution in [0.15, 0.2) is 23.1 Å². The summed E-state index contributed by atoms with van der Waals surface area (Å²) in [4.78, 5) is 10.9. The molecule has 0 spiro atoms. The third-order valence-corrected chi connectivity index (χ3v) is 4.45. The van der Waals surface area contributed by atoms with Crippen molar-refractivity contribution in [3.8, 4) is 0 Å². The molecule has 0 aliphatic carbocycles. The number of benzene rings is 1. The van der Waals surface area contributed by atoms with Crippen LogP contribution in [0.25, 0.3) is 0 Å². The molecule has 7 heteroatoms. The van der Waals surface area contributed by atoms with Crippen LogP contribution < -0.4 is 10.0 Å². The van der Waals surface area contributed by atoms with E-state index in [4.69, 9.17) is 5.11 Å². The van der Waals surface area contributed by atoms with Crippen LogP contribution in [-0.4, -0.2) is 32.1 Å². The molecule has 0 radical (unpaired) electrons. The van der Waals surface area contributed by atoms with Gasteiger partial charge in [0.15, 0.2) is 0 Å². The number of nitrogens with one attached hydrogen (secondary N) is 2. The Labute approximate surface area is 119 Å². The van der Waals surface area contributed by atoms with Crippen LogP contribution in [0.5, 0.6) is 0 Å². The van der Waals surface area contributed by atoms with E-state index >= 15 is 0 Å². The highest BCUT2D eigenvalue weighted by atomic mass is 32.2. The molecule has 0 aliphatic heterocycles. The van der Waals surface area contributed by atoms with Crippen molar-refractivity contribution in [2.75, 3.05) is 11.9 Å². The summed E-state index contributed by atoms with van der Waals surface area (Å²) in [5.41, 5.74) is 0.349. The fourth-order valence-electron chi connectivity index (χ4n) is 1.63. The number of rotatable bonds is 7. The number of carbonyl (C=O) groups is 1. The number of hydrogen-bond acceptors (Lipinski definition) is 4. The van der Waals surface area contributed by atoms with Gasteiger partial charge in [0, 0.05) is 12.6 Å². The summed E-state index contributed by atoms with van der Waals surface area (Å²) >= 11 is 0. The Morgan fingerprint density at radius 2 is 2.00 bits per heavy atom. The highest BCUT2D eigenvalue weighted by Crippen LogP contribution is 2.24. The number of hydrogen-bond donors (Lipinski definition) is 3. The van der Waals surface area contributed by atoms with Gasteiger partial charge in [-0.25, -0.2) is 17.9 Å². The average Bonchev–Trinajstić information content (AvgIpc) is 2.38. The van der Waals surface area contributed by atoms with Crippen molar-refractivity contribution in [1.29, 1.82) is 0 Å². The molecule has 0 heterocycles. The summed E-state index contributed by atoms with van der Waals surface area (Å²) in [5, 5.41) is 12.1. The lowest BCUT2D eigenvalue weighted by Crippen LogP contribution is -2.25. The molecule has 1 aromatic rings. The summed E-state index contributed by atoms with van der Waals surface area (Å²) in [6, 6.07) is 4.13. The molecule has 0 fully saturated rings. The van der Waals surface area contributed by atoms with Crippen molar-refractivity contribution in [2.45, 2.75) is 38.1 Å². The Hall–Kier alpha value is -1.60. The van der Waals surface area contributed by atoms with Crippen LogP contribution in [0, 0.1) is 0 Å². The van der Waals surface area contributed by atoms with Crippen LogP contribution in [0.1, 0.15) is 37.6 Å². The van der Waals surface area contributed by atoms with Crippen molar-refractivity contribution >= 4 is 21.7 Å². The van der Waals surface area contributed by atoms with Crippen LogP contribution in [0.4, 0.5) is 5.69 Å². The molecular formula is C13H20N2O4S. The Morgan fingerprint density at radius 1 is 1.35 bits per heavy atom. The first-order chi connectivity index (χ1) is 9.31. The van der Waals surface area contributed by atoms with E-state index in [1.54, 1.807) is 6.92 Å². The van der Waals surface area contributed by atoms with Gasteiger partial charge in [-0.15, -0.1) is 0 Å². The Kier molecular flexibility index (Phi) is 5.52. The maximum absolute atomic E-state index is 12.2. The molecule has 0 aliphatic rings. The van der Waals surface area contributed by atoms with E-state index in [9.17, 15) is 13.2 Å². The van der Waals surface area contributed by atoms with E-state index in [0.717, 1.165) is 6.42 Å².